The molecule has 1 fully saturated rings. The molecule has 0 bridgehead atoms. The van der Waals surface area contributed by atoms with Gasteiger partial charge in [-0.05, 0) is 66.1 Å². The molecule has 7 heteroatoms. The molecule has 144 valence electrons. The van der Waals surface area contributed by atoms with Gasteiger partial charge in [0, 0.05) is 11.6 Å². The lowest BCUT2D eigenvalue weighted by molar-refractivity contribution is -0.113. The molecule has 0 aliphatic heterocycles. The third-order valence-electron chi connectivity index (χ3n) is 4.86. The Morgan fingerprint density at radius 1 is 1.14 bits per heavy atom. The average Bonchev–Trinajstić information content (AvgIpc) is 3.48. The van der Waals surface area contributed by atoms with Crippen LogP contribution < -0.4 is 5.32 Å². The number of pyridine rings is 1. The van der Waals surface area contributed by atoms with Crippen LogP contribution in [0.5, 0.6) is 0 Å². The fourth-order valence-corrected chi connectivity index (χ4v) is 4.72. The second-order valence-corrected chi connectivity index (χ2v) is 9.43. The highest BCUT2D eigenvalue weighted by atomic mass is 32.2. The van der Waals surface area contributed by atoms with E-state index in [1.807, 2.05) is 25.1 Å². The first-order chi connectivity index (χ1) is 13.3. The highest BCUT2D eigenvalue weighted by molar-refractivity contribution is 7.93. The zero-order chi connectivity index (χ0) is 19.9. The molecule has 0 radical (unpaired) electrons. The van der Waals surface area contributed by atoms with Crippen molar-refractivity contribution in [3.8, 4) is 11.1 Å². The normalized spacial score (nSPS) is 14.2. The first kappa shape index (κ1) is 18.6. The Balaban J connectivity index is 1.56. The smallest absolute Gasteiger partial charge is 0.240 e. The van der Waals surface area contributed by atoms with Crippen molar-refractivity contribution in [2.75, 3.05) is 11.1 Å². The minimum absolute atomic E-state index is 0.293. The maximum absolute atomic E-state index is 13.6. The van der Waals surface area contributed by atoms with Crippen LogP contribution in [0.2, 0.25) is 0 Å². The van der Waals surface area contributed by atoms with E-state index in [0.29, 0.717) is 18.7 Å². The molecule has 0 spiro atoms. The van der Waals surface area contributed by atoms with Crippen molar-refractivity contribution in [3.05, 3.63) is 60.0 Å². The molecule has 1 aliphatic rings. The molecule has 1 heterocycles. The molecular weight excluding hydrogens is 379 g/mol. The Hall–Kier alpha value is -2.80. The van der Waals surface area contributed by atoms with Gasteiger partial charge in [-0.3, -0.25) is 4.79 Å². The van der Waals surface area contributed by atoms with E-state index in [0.717, 1.165) is 27.5 Å². The molecule has 1 saturated carbocycles. The molecule has 1 amide bonds. The summed E-state index contributed by atoms with van der Waals surface area (Å²) in [6.45, 7) is 1.92. The Labute approximate surface area is 162 Å². The van der Waals surface area contributed by atoms with Crippen molar-refractivity contribution in [1.29, 1.82) is 0 Å². The molecule has 28 heavy (non-hydrogen) atoms. The number of carbonyl (C=O) groups is 1. The van der Waals surface area contributed by atoms with E-state index in [2.05, 4.69) is 10.3 Å². The first-order valence-corrected chi connectivity index (χ1v) is 10.7. The number of anilines is 1. The summed E-state index contributed by atoms with van der Waals surface area (Å²) in [5.74, 6) is -1.09. The SMILES string of the molecule is Cc1ccc(F)cc1-c1ccc2cc(NC(=O)CS(=O)(=O)C3CC3)ncc2c1. The number of nitrogens with one attached hydrogen (secondary N) is 1. The number of fused-ring (bicyclic) bond motifs is 1. The summed E-state index contributed by atoms with van der Waals surface area (Å²) in [4.78, 5) is 16.3. The number of sulfone groups is 1. The summed E-state index contributed by atoms with van der Waals surface area (Å²) >= 11 is 0. The van der Waals surface area contributed by atoms with Crippen LogP contribution in [-0.4, -0.2) is 30.3 Å². The van der Waals surface area contributed by atoms with Crippen LogP contribution >= 0.6 is 0 Å². The van der Waals surface area contributed by atoms with Crippen molar-refractivity contribution in [2.45, 2.75) is 25.0 Å². The molecule has 4 rings (SSSR count). The Morgan fingerprint density at radius 2 is 1.93 bits per heavy atom. The number of amides is 1. The van der Waals surface area contributed by atoms with Gasteiger partial charge in [0.05, 0.1) is 5.25 Å². The molecule has 0 saturated heterocycles. The van der Waals surface area contributed by atoms with Gasteiger partial charge < -0.3 is 5.32 Å². The summed E-state index contributed by atoms with van der Waals surface area (Å²) in [6.07, 6.45) is 2.88. The molecular formula is C21H19FN2O3S. The van der Waals surface area contributed by atoms with E-state index in [1.54, 1.807) is 18.3 Å². The van der Waals surface area contributed by atoms with Crippen molar-refractivity contribution in [2.24, 2.45) is 0 Å². The number of nitrogens with zero attached hydrogens (tertiary/aromatic N) is 1. The van der Waals surface area contributed by atoms with Gasteiger partial charge in [-0.25, -0.2) is 17.8 Å². The van der Waals surface area contributed by atoms with Gasteiger partial charge in [-0.1, -0.05) is 18.2 Å². The first-order valence-electron chi connectivity index (χ1n) is 8.99. The minimum Gasteiger partial charge on any atom is -0.310 e. The van der Waals surface area contributed by atoms with Crippen molar-refractivity contribution >= 4 is 32.3 Å². The van der Waals surface area contributed by atoms with Crippen molar-refractivity contribution in [3.63, 3.8) is 0 Å². The molecule has 2 aromatic carbocycles. The number of hydrogen-bond acceptors (Lipinski definition) is 4. The van der Waals surface area contributed by atoms with Gasteiger partial charge >= 0.3 is 0 Å². The highest BCUT2D eigenvalue weighted by Crippen LogP contribution is 2.30. The maximum atomic E-state index is 13.6. The van der Waals surface area contributed by atoms with E-state index in [4.69, 9.17) is 0 Å². The molecule has 0 atom stereocenters. The third-order valence-corrected chi connectivity index (χ3v) is 7.02. The zero-order valence-electron chi connectivity index (χ0n) is 15.3. The monoisotopic (exact) mass is 398 g/mol. The summed E-state index contributed by atoms with van der Waals surface area (Å²) in [5, 5.41) is 3.87. The summed E-state index contributed by atoms with van der Waals surface area (Å²) in [6, 6.07) is 12.0. The van der Waals surface area contributed by atoms with Gasteiger partial charge in [0.1, 0.15) is 17.4 Å². The fraction of sp³-hybridized carbons (Fsp3) is 0.238. The lowest BCUT2D eigenvalue weighted by atomic mass is 9.98. The van der Waals surface area contributed by atoms with Crippen LogP contribution in [0.25, 0.3) is 21.9 Å². The second-order valence-electron chi connectivity index (χ2n) is 7.15. The second kappa shape index (κ2) is 6.98. The van der Waals surface area contributed by atoms with E-state index >= 15 is 0 Å². The van der Waals surface area contributed by atoms with Gasteiger partial charge in [0.25, 0.3) is 0 Å². The predicted molar refractivity (Wildman–Crippen MR) is 107 cm³/mol. The Kier molecular flexibility index (Phi) is 4.63. The van der Waals surface area contributed by atoms with E-state index in [-0.39, 0.29) is 11.1 Å². The lowest BCUT2D eigenvalue weighted by Crippen LogP contribution is -2.25. The zero-order valence-corrected chi connectivity index (χ0v) is 16.1. The van der Waals surface area contributed by atoms with Gasteiger partial charge in [-0.2, -0.15) is 0 Å². The lowest BCUT2D eigenvalue weighted by Gasteiger charge is -2.09. The highest BCUT2D eigenvalue weighted by Gasteiger charge is 2.36. The van der Waals surface area contributed by atoms with Crippen LogP contribution in [0.3, 0.4) is 0 Å². The van der Waals surface area contributed by atoms with Crippen LogP contribution in [-0.2, 0) is 14.6 Å². The number of aryl methyl sites for hydroxylation is 1. The van der Waals surface area contributed by atoms with Crippen LogP contribution in [0.4, 0.5) is 10.2 Å². The van der Waals surface area contributed by atoms with E-state index in [9.17, 15) is 17.6 Å². The topological polar surface area (TPSA) is 76.1 Å². The molecule has 5 nitrogen and oxygen atoms in total. The van der Waals surface area contributed by atoms with Crippen molar-refractivity contribution < 1.29 is 17.6 Å². The molecule has 3 aromatic rings. The van der Waals surface area contributed by atoms with Gasteiger partial charge in [0.15, 0.2) is 9.84 Å². The number of benzene rings is 2. The van der Waals surface area contributed by atoms with Crippen LogP contribution in [0.1, 0.15) is 18.4 Å². The van der Waals surface area contributed by atoms with Gasteiger partial charge in [0.2, 0.25) is 5.91 Å². The summed E-state index contributed by atoms with van der Waals surface area (Å²) in [7, 11) is -3.36. The molecule has 1 aromatic heterocycles. The Morgan fingerprint density at radius 3 is 2.68 bits per heavy atom. The van der Waals surface area contributed by atoms with Crippen LogP contribution in [0, 0.1) is 12.7 Å². The fourth-order valence-electron chi connectivity index (χ4n) is 3.19. The minimum atomic E-state index is -3.36. The number of hydrogen-bond donors (Lipinski definition) is 1. The van der Waals surface area contributed by atoms with E-state index < -0.39 is 21.5 Å². The largest absolute Gasteiger partial charge is 0.310 e. The summed E-state index contributed by atoms with van der Waals surface area (Å²) in [5.41, 5.74) is 2.65. The number of halogens is 1. The van der Waals surface area contributed by atoms with E-state index in [1.165, 1.54) is 12.1 Å². The Bertz CT molecular complexity index is 1190. The standard InChI is InChI=1S/C21H19FN2O3S/c1-13-2-5-17(22)10-19(13)15-4-3-14-9-20(23-11-16(14)8-15)24-21(25)12-28(26,27)18-6-7-18/h2-5,8-11,18H,6-7,12H2,1H3,(H,23,24,25). The quantitative estimate of drug-likeness (QED) is 0.708. The number of carbonyl (C=O) groups excluding carboxylic acids is 1. The third kappa shape index (κ3) is 3.89. The van der Waals surface area contributed by atoms with Gasteiger partial charge in [-0.15, -0.1) is 0 Å². The molecule has 1 N–H and O–H groups in total. The molecule has 0 unspecified atom stereocenters. The predicted octanol–water partition coefficient (Wildman–Crippen LogP) is 3.87. The summed E-state index contributed by atoms with van der Waals surface area (Å²) < 4.78 is 37.4. The molecule has 1 aliphatic carbocycles. The maximum Gasteiger partial charge on any atom is 0.240 e. The average molecular weight is 398 g/mol. The van der Waals surface area contributed by atoms with Crippen molar-refractivity contribution in [1.82, 2.24) is 4.98 Å². The number of rotatable bonds is 5. The van der Waals surface area contributed by atoms with Crippen LogP contribution in [0.15, 0.2) is 48.7 Å². The number of aromatic nitrogens is 1.